The van der Waals surface area contributed by atoms with E-state index in [1.807, 2.05) is 12.1 Å². The van der Waals surface area contributed by atoms with Crippen LogP contribution in [0.5, 0.6) is 0 Å². The molecular formula is C15H21ClN2O. The zero-order valence-electron chi connectivity index (χ0n) is 11.5. The fraction of sp³-hybridized carbons (Fsp3) is 0.467. The van der Waals surface area contributed by atoms with Crippen LogP contribution in [-0.4, -0.2) is 12.1 Å². The monoisotopic (exact) mass is 280 g/mol. The Morgan fingerprint density at radius 1 is 1.26 bits per heavy atom. The highest BCUT2D eigenvalue weighted by atomic mass is 35.5. The zero-order valence-corrected chi connectivity index (χ0v) is 12.3. The Morgan fingerprint density at radius 2 is 1.84 bits per heavy atom. The average molecular weight is 281 g/mol. The molecule has 1 N–H and O–H groups in total. The van der Waals surface area contributed by atoms with Gasteiger partial charge in [-0.25, -0.2) is 5.43 Å². The zero-order chi connectivity index (χ0) is 14.1. The average Bonchev–Trinajstić information content (AvgIpc) is 2.40. The van der Waals surface area contributed by atoms with Crippen LogP contribution in [0, 0.1) is 5.92 Å². The Bertz CT molecular complexity index is 409. The number of nitrogens with one attached hydrogen (secondary N) is 1. The molecule has 1 rings (SSSR count). The van der Waals surface area contributed by atoms with Gasteiger partial charge in [0.05, 0.1) is 6.21 Å². The summed E-state index contributed by atoms with van der Waals surface area (Å²) in [5.41, 5.74) is 3.52. The van der Waals surface area contributed by atoms with E-state index in [0.717, 1.165) is 31.2 Å². The second-order valence-corrected chi connectivity index (χ2v) is 5.00. The number of halogens is 1. The molecule has 0 radical (unpaired) electrons. The summed E-state index contributed by atoms with van der Waals surface area (Å²) in [6.07, 6.45) is 5.48. The normalized spacial score (nSPS) is 11.2. The molecule has 0 saturated heterocycles. The molecule has 0 aliphatic carbocycles. The second kappa shape index (κ2) is 8.70. The van der Waals surface area contributed by atoms with Gasteiger partial charge in [0.2, 0.25) is 5.91 Å². The Hall–Kier alpha value is -1.35. The molecule has 3 nitrogen and oxygen atoms in total. The van der Waals surface area contributed by atoms with E-state index in [1.54, 1.807) is 18.3 Å². The van der Waals surface area contributed by atoms with E-state index in [0.29, 0.717) is 5.02 Å². The summed E-state index contributed by atoms with van der Waals surface area (Å²) in [5.74, 6) is 0.0753. The number of hydrogen-bond acceptors (Lipinski definition) is 2. The van der Waals surface area contributed by atoms with Crippen molar-refractivity contribution in [2.45, 2.75) is 39.5 Å². The SMILES string of the molecule is CCCC(CCC)C(=O)N/N=C/c1ccc(Cl)cc1. The van der Waals surface area contributed by atoms with Gasteiger partial charge in [-0.1, -0.05) is 50.4 Å². The molecule has 4 heteroatoms. The molecule has 0 heterocycles. The minimum atomic E-state index is 0.00825. The predicted molar refractivity (Wildman–Crippen MR) is 80.5 cm³/mol. The summed E-state index contributed by atoms with van der Waals surface area (Å²) < 4.78 is 0. The number of rotatable bonds is 7. The van der Waals surface area contributed by atoms with Crippen LogP contribution in [-0.2, 0) is 4.79 Å². The summed E-state index contributed by atoms with van der Waals surface area (Å²) in [5, 5.41) is 4.68. The van der Waals surface area contributed by atoms with Crippen LogP contribution in [0.2, 0.25) is 5.02 Å². The smallest absolute Gasteiger partial charge is 0.243 e. The first kappa shape index (κ1) is 15.7. The molecule has 1 aromatic rings. The lowest BCUT2D eigenvalue weighted by atomic mass is 9.98. The molecule has 0 aliphatic rings. The minimum absolute atomic E-state index is 0.00825. The van der Waals surface area contributed by atoms with Gasteiger partial charge in [0.1, 0.15) is 0 Å². The summed E-state index contributed by atoms with van der Waals surface area (Å²) in [7, 11) is 0. The maximum absolute atomic E-state index is 11.9. The Labute approximate surface area is 120 Å². The van der Waals surface area contributed by atoms with Crippen LogP contribution in [0.4, 0.5) is 0 Å². The van der Waals surface area contributed by atoms with Gasteiger partial charge in [0.15, 0.2) is 0 Å². The number of carbonyl (C=O) groups is 1. The number of amides is 1. The third-order valence-electron chi connectivity index (χ3n) is 2.90. The third-order valence-corrected chi connectivity index (χ3v) is 3.16. The molecule has 19 heavy (non-hydrogen) atoms. The number of hydrazone groups is 1. The van der Waals surface area contributed by atoms with Gasteiger partial charge in [-0.05, 0) is 30.5 Å². The van der Waals surface area contributed by atoms with E-state index in [9.17, 15) is 4.79 Å². The van der Waals surface area contributed by atoms with Gasteiger partial charge in [-0.15, -0.1) is 0 Å². The molecule has 0 aliphatic heterocycles. The first-order valence-electron chi connectivity index (χ1n) is 6.75. The highest BCUT2D eigenvalue weighted by Crippen LogP contribution is 2.13. The fourth-order valence-corrected chi connectivity index (χ4v) is 2.04. The van der Waals surface area contributed by atoms with Crippen LogP contribution in [0.15, 0.2) is 29.4 Å². The number of carbonyl (C=O) groups excluding carboxylic acids is 1. The van der Waals surface area contributed by atoms with Crippen molar-refractivity contribution in [1.29, 1.82) is 0 Å². The van der Waals surface area contributed by atoms with Crippen molar-refractivity contribution < 1.29 is 4.79 Å². The summed E-state index contributed by atoms with van der Waals surface area (Å²) >= 11 is 5.79. The van der Waals surface area contributed by atoms with Crippen molar-refractivity contribution >= 4 is 23.7 Å². The molecule has 0 aromatic heterocycles. The van der Waals surface area contributed by atoms with Gasteiger partial charge >= 0.3 is 0 Å². The molecule has 0 atom stereocenters. The molecule has 0 spiro atoms. The summed E-state index contributed by atoms with van der Waals surface area (Å²) in [6.45, 7) is 4.18. The second-order valence-electron chi connectivity index (χ2n) is 4.56. The molecule has 1 aromatic carbocycles. The molecule has 0 bridgehead atoms. The van der Waals surface area contributed by atoms with Crippen molar-refractivity contribution in [3.63, 3.8) is 0 Å². The van der Waals surface area contributed by atoms with Crippen molar-refractivity contribution in [3.8, 4) is 0 Å². The van der Waals surface area contributed by atoms with Crippen LogP contribution < -0.4 is 5.43 Å². The van der Waals surface area contributed by atoms with Crippen LogP contribution >= 0.6 is 11.6 Å². The minimum Gasteiger partial charge on any atom is -0.273 e. The highest BCUT2D eigenvalue weighted by molar-refractivity contribution is 6.30. The van der Waals surface area contributed by atoms with Gasteiger partial charge < -0.3 is 0 Å². The lowest BCUT2D eigenvalue weighted by Crippen LogP contribution is -2.26. The Balaban J connectivity index is 2.49. The first-order chi connectivity index (χ1) is 9.17. The van der Waals surface area contributed by atoms with Gasteiger partial charge in [-0.2, -0.15) is 5.10 Å². The van der Waals surface area contributed by atoms with E-state index in [-0.39, 0.29) is 11.8 Å². The third kappa shape index (κ3) is 5.88. The maximum Gasteiger partial charge on any atom is 0.243 e. The van der Waals surface area contributed by atoms with E-state index < -0.39 is 0 Å². The Morgan fingerprint density at radius 3 is 2.37 bits per heavy atom. The summed E-state index contributed by atoms with van der Waals surface area (Å²) in [4.78, 5) is 11.9. The molecule has 0 unspecified atom stereocenters. The van der Waals surface area contributed by atoms with Crippen LogP contribution in [0.25, 0.3) is 0 Å². The van der Waals surface area contributed by atoms with Gasteiger partial charge in [-0.3, -0.25) is 4.79 Å². The van der Waals surface area contributed by atoms with Crippen molar-refractivity contribution in [2.24, 2.45) is 11.0 Å². The van der Waals surface area contributed by atoms with E-state index in [2.05, 4.69) is 24.4 Å². The van der Waals surface area contributed by atoms with E-state index >= 15 is 0 Å². The van der Waals surface area contributed by atoms with Crippen LogP contribution in [0.3, 0.4) is 0 Å². The molecule has 0 saturated carbocycles. The Kier molecular flexibility index (Phi) is 7.19. The maximum atomic E-state index is 11.9. The molecule has 104 valence electrons. The van der Waals surface area contributed by atoms with Crippen molar-refractivity contribution in [2.75, 3.05) is 0 Å². The number of nitrogens with zero attached hydrogens (tertiary/aromatic N) is 1. The van der Waals surface area contributed by atoms with Gasteiger partial charge in [0, 0.05) is 10.9 Å². The molecular weight excluding hydrogens is 260 g/mol. The molecule has 1 amide bonds. The largest absolute Gasteiger partial charge is 0.273 e. The first-order valence-corrected chi connectivity index (χ1v) is 7.13. The van der Waals surface area contributed by atoms with Crippen molar-refractivity contribution in [1.82, 2.24) is 5.43 Å². The number of benzene rings is 1. The van der Waals surface area contributed by atoms with Gasteiger partial charge in [0.25, 0.3) is 0 Å². The fourth-order valence-electron chi connectivity index (χ4n) is 1.91. The summed E-state index contributed by atoms with van der Waals surface area (Å²) in [6, 6.07) is 7.30. The lowest BCUT2D eigenvalue weighted by molar-refractivity contribution is -0.125. The van der Waals surface area contributed by atoms with Crippen molar-refractivity contribution in [3.05, 3.63) is 34.9 Å². The quantitative estimate of drug-likeness (QED) is 0.595. The standard InChI is InChI=1S/C15H21ClN2O/c1-3-5-13(6-4-2)15(19)18-17-11-12-7-9-14(16)10-8-12/h7-11,13H,3-6H2,1-2H3,(H,18,19)/b17-11+. The van der Waals surface area contributed by atoms with E-state index in [4.69, 9.17) is 11.6 Å². The topological polar surface area (TPSA) is 41.5 Å². The molecule has 0 fully saturated rings. The number of hydrogen-bond donors (Lipinski definition) is 1. The predicted octanol–water partition coefficient (Wildman–Crippen LogP) is 4.01. The lowest BCUT2D eigenvalue weighted by Gasteiger charge is -2.12. The van der Waals surface area contributed by atoms with E-state index in [1.165, 1.54) is 0 Å². The van der Waals surface area contributed by atoms with Crippen LogP contribution in [0.1, 0.15) is 45.1 Å². The highest BCUT2D eigenvalue weighted by Gasteiger charge is 2.15.